The molecule has 7 nitrogen and oxygen atoms in total. The molecule has 2 aliphatic rings. The minimum atomic E-state index is -0.191. The fraction of sp³-hybridized carbons (Fsp3) is 0.346. The normalized spacial score (nSPS) is 16.3. The number of rotatable bonds is 4. The van der Waals surface area contributed by atoms with E-state index in [9.17, 15) is 4.79 Å². The van der Waals surface area contributed by atoms with Gasteiger partial charge in [-0.15, -0.1) is 0 Å². The van der Waals surface area contributed by atoms with Gasteiger partial charge in [-0.25, -0.2) is 14.8 Å². The van der Waals surface area contributed by atoms with Crippen molar-refractivity contribution in [3.8, 4) is 11.3 Å². The minimum Gasteiger partial charge on any atom is -0.368 e. The van der Waals surface area contributed by atoms with Gasteiger partial charge in [-0.1, -0.05) is 41.4 Å². The summed E-state index contributed by atoms with van der Waals surface area (Å²) in [4.78, 5) is 28.4. The van der Waals surface area contributed by atoms with Crippen LogP contribution in [0.3, 0.4) is 0 Å². The lowest BCUT2D eigenvalue weighted by Crippen LogP contribution is -2.50. The van der Waals surface area contributed by atoms with Gasteiger partial charge in [0.1, 0.15) is 0 Å². The Hall–Kier alpha value is -3.03. The number of nitrogens with zero attached hydrogens (tertiary/aromatic N) is 5. The molecule has 2 aliphatic heterocycles. The van der Waals surface area contributed by atoms with E-state index in [0.717, 1.165) is 49.1 Å². The number of carbonyl (C=O) groups is 1. The molecule has 0 saturated carbocycles. The van der Waals surface area contributed by atoms with E-state index >= 15 is 0 Å². The van der Waals surface area contributed by atoms with Crippen LogP contribution in [0.15, 0.2) is 54.7 Å². The van der Waals surface area contributed by atoms with Gasteiger partial charge < -0.3 is 20.0 Å². The maximum atomic E-state index is 12.7. The quantitative estimate of drug-likeness (QED) is 0.480. The molecular formula is C26H28Cl2N6O. The van der Waals surface area contributed by atoms with Crippen LogP contribution in [-0.2, 0) is 0 Å². The predicted molar refractivity (Wildman–Crippen MR) is 143 cm³/mol. The van der Waals surface area contributed by atoms with Gasteiger partial charge >= 0.3 is 6.03 Å². The number of carbonyl (C=O) groups excluding carboxylic acids is 1. The van der Waals surface area contributed by atoms with Crippen LogP contribution in [0.4, 0.5) is 22.1 Å². The maximum absolute atomic E-state index is 12.7. The number of para-hydroxylation sites is 1. The van der Waals surface area contributed by atoms with Crippen molar-refractivity contribution in [3.05, 3.63) is 64.8 Å². The first kappa shape index (κ1) is 23.7. The van der Waals surface area contributed by atoms with Gasteiger partial charge in [0.2, 0.25) is 5.95 Å². The van der Waals surface area contributed by atoms with Gasteiger partial charge in [-0.2, -0.15) is 0 Å². The fourth-order valence-corrected chi connectivity index (χ4v) is 5.06. The average molecular weight is 511 g/mol. The van der Waals surface area contributed by atoms with Crippen molar-refractivity contribution in [3.63, 3.8) is 0 Å². The van der Waals surface area contributed by atoms with E-state index in [-0.39, 0.29) is 6.03 Å². The molecule has 2 saturated heterocycles. The van der Waals surface area contributed by atoms with Crippen molar-refractivity contribution in [1.82, 2.24) is 14.9 Å². The zero-order valence-corrected chi connectivity index (χ0v) is 21.0. The number of aromatic nitrogens is 2. The third-order valence-electron chi connectivity index (χ3n) is 6.57. The monoisotopic (exact) mass is 510 g/mol. The Morgan fingerprint density at radius 1 is 0.800 bits per heavy atom. The first-order chi connectivity index (χ1) is 17.1. The molecule has 3 aromatic rings. The van der Waals surface area contributed by atoms with Crippen LogP contribution in [0.2, 0.25) is 10.0 Å². The van der Waals surface area contributed by atoms with E-state index in [1.807, 2.05) is 12.3 Å². The zero-order chi connectivity index (χ0) is 24.2. The average Bonchev–Trinajstić information content (AvgIpc) is 2.91. The second-order valence-electron chi connectivity index (χ2n) is 8.84. The smallest absolute Gasteiger partial charge is 0.322 e. The van der Waals surface area contributed by atoms with Gasteiger partial charge in [0, 0.05) is 56.7 Å². The molecule has 0 bridgehead atoms. The van der Waals surface area contributed by atoms with Crippen molar-refractivity contribution in [2.45, 2.75) is 19.3 Å². The van der Waals surface area contributed by atoms with Crippen molar-refractivity contribution < 1.29 is 4.79 Å². The number of piperidine rings is 1. The Labute approximate surface area is 215 Å². The topological polar surface area (TPSA) is 64.6 Å². The number of hydrogen-bond acceptors (Lipinski definition) is 5. The SMILES string of the molecule is O=C(Nc1c(Cl)cccc1Cl)N1CCN(c2ccc(-c3ccnc(N4CCCCC4)n3)cc2)CC1. The number of halogens is 2. The number of piperazine rings is 1. The van der Waals surface area contributed by atoms with E-state index in [0.29, 0.717) is 28.8 Å². The highest BCUT2D eigenvalue weighted by molar-refractivity contribution is 6.39. The first-order valence-corrected chi connectivity index (χ1v) is 12.8. The molecule has 0 spiro atoms. The molecule has 2 aromatic carbocycles. The molecular weight excluding hydrogens is 483 g/mol. The summed E-state index contributed by atoms with van der Waals surface area (Å²) < 4.78 is 0. The Morgan fingerprint density at radius 2 is 1.49 bits per heavy atom. The van der Waals surface area contributed by atoms with E-state index in [4.69, 9.17) is 28.2 Å². The molecule has 0 radical (unpaired) electrons. The highest BCUT2D eigenvalue weighted by Crippen LogP contribution is 2.30. The zero-order valence-electron chi connectivity index (χ0n) is 19.5. The van der Waals surface area contributed by atoms with Crippen LogP contribution in [0, 0.1) is 0 Å². The molecule has 2 amide bonds. The second-order valence-corrected chi connectivity index (χ2v) is 9.65. The lowest BCUT2D eigenvalue weighted by atomic mass is 10.1. The summed E-state index contributed by atoms with van der Waals surface area (Å²) in [6.45, 7) is 4.77. The fourth-order valence-electron chi connectivity index (χ4n) is 4.57. The van der Waals surface area contributed by atoms with Crippen LogP contribution in [0.5, 0.6) is 0 Å². The van der Waals surface area contributed by atoms with Crippen LogP contribution in [-0.4, -0.2) is 60.2 Å². The number of urea groups is 1. The maximum Gasteiger partial charge on any atom is 0.322 e. The Balaban J connectivity index is 1.19. The van der Waals surface area contributed by atoms with Crippen molar-refractivity contribution in [2.75, 3.05) is 54.4 Å². The molecule has 0 aliphatic carbocycles. The number of benzene rings is 2. The largest absolute Gasteiger partial charge is 0.368 e. The molecule has 1 aromatic heterocycles. The number of amides is 2. The second kappa shape index (κ2) is 10.7. The number of anilines is 3. The van der Waals surface area contributed by atoms with Gasteiger partial charge in [-0.05, 0) is 49.6 Å². The van der Waals surface area contributed by atoms with E-state index in [2.05, 4.69) is 44.4 Å². The van der Waals surface area contributed by atoms with Crippen molar-refractivity contribution >= 4 is 46.6 Å². The molecule has 3 heterocycles. The first-order valence-electron chi connectivity index (χ1n) is 12.0. The summed E-state index contributed by atoms with van der Waals surface area (Å²) >= 11 is 12.4. The molecule has 0 unspecified atom stereocenters. The van der Waals surface area contributed by atoms with Crippen molar-refractivity contribution in [2.24, 2.45) is 0 Å². The minimum absolute atomic E-state index is 0.191. The lowest BCUT2D eigenvalue weighted by molar-refractivity contribution is 0.208. The third-order valence-corrected chi connectivity index (χ3v) is 7.20. The van der Waals surface area contributed by atoms with Gasteiger partial charge in [0.25, 0.3) is 0 Å². The van der Waals surface area contributed by atoms with Gasteiger partial charge in [0.05, 0.1) is 21.4 Å². The lowest BCUT2D eigenvalue weighted by Gasteiger charge is -2.36. The van der Waals surface area contributed by atoms with Crippen molar-refractivity contribution in [1.29, 1.82) is 0 Å². The Morgan fingerprint density at radius 3 is 2.17 bits per heavy atom. The molecule has 5 rings (SSSR count). The van der Waals surface area contributed by atoms with Crippen LogP contribution >= 0.6 is 23.2 Å². The van der Waals surface area contributed by atoms with Crippen LogP contribution < -0.4 is 15.1 Å². The summed E-state index contributed by atoms with van der Waals surface area (Å²) in [7, 11) is 0. The van der Waals surface area contributed by atoms with E-state index in [1.165, 1.54) is 19.3 Å². The molecule has 9 heteroatoms. The number of nitrogens with one attached hydrogen (secondary N) is 1. The molecule has 0 atom stereocenters. The molecule has 182 valence electrons. The summed E-state index contributed by atoms with van der Waals surface area (Å²) in [5.41, 5.74) is 3.59. The predicted octanol–water partition coefficient (Wildman–Crippen LogP) is 5.79. The van der Waals surface area contributed by atoms with Crippen LogP contribution in [0.25, 0.3) is 11.3 Å². The summed E-state index contributed by atoms with van der Waals surface area (Å²) in [5.74, 6) is 0.818. The summed E-state index contributed by atoms with van der Waals surface area (Å²) in [6, 6.07) is 15.4. The Bertz CT molecular complexity index is 1150. The highest BCUT2D eigenvalue weighted by atomic mass is 35.5. The van der Waals surface area contributed by atoms with Gasteiger partial charge in [0.15, 0.2) is 0 Å². The standard InChI is InChI=1S/C26H28Cl2N6O/c27-21-5-4-6-22(28)24(21)31-26(35)34-17-15-32(16-18-34)20-9-7-19(8-10-20)23-11-12-29-25(30-23)33-13-2-1-3-14-33/h4-12H,1-3,13-18H2,(H,31,35). The van der Waals surface area contributed by atoms with Crippen LogP contribution in [0.1, 0.15) is 19.3 Å². The van der Waals surface area contributed by atoms with E-state index < -0.39 is 0 Å². The molecule has 35 heavy (non-hydrogen) atoms. The molecule has 2 fully saturated rings. The van der Waals surface area contributed by atoms with E-state index in [1.54, 1.807) is 23.1 Å². The number of hydrogen-bond donors (Lipinski definition) is 1. The summed E-state index contributed by atoms with van der Waals surface area (Å²) in [6.07, 6.45) is 5.53. The highest BCUT2D eigenvalue weighted by Gasteiger charge is 2.23. The molecule has 1 N–H and O–H groups in total. The Kier molecular flexibility index (Phi) is 7.25. The van der Waals surface area contributed by atoms with Gasteiger partial charge in [-0.3, -0.25) is 0 Å². The third kappa shape index (κ3) is 5.46. The summed E-state index contributed by atoms with van der Waals surface area (Å²) in [5, 5.41) is 3.70.